The van der Waals surface area contributed by atoms with Crippen LogP contribution in [-0.4, -0.2) is 90.7 Å². The number of halogens is 1. The molecule has 0 radical (unpaired) electrons. The number of benzene rings is 2. The average molecular weight is 604 g/mol. The molecule has 2 saturated heterocycles. The molecule has 1 unspecified atom stereocenters. The number of piperazine rings is 1. The second kappa shape index (κ2) is 13.2. The standard InChI is InChI=1S/C32H36FN7O2.H2S/c1-4-30(41)40-17-16-39(19-23(40)18-34-2)31-26-13-15-38(29-12-6-9-24-25(29)10-5-11-27(24)33)20-28(26)35-32(36-31)42-21-22-8-7-14-37(22)3;/h4-6,9-12,22-23H,1,7-8,13-21H2,3H3;1H2/t22-,23?;/m0./s1. The van der Waals surface area contributed by atoms with Crippen LogP contribution in [0.3, 0.4) is 0 Å². The van der Waals surface area contributed by atoms with Crippen LogP contribution in [-0.2, 0) is 17.8 Å². The molecule has 2 atom stereocenters. The van der Waals surface area contributed by atoms with E-state index in [1.165, 1.54) is 12.1 Å². The van der Waals surface area contributed by atoms with E-state index in [1.807, 2.05) is 24.3 Å². The lowest BCUT2D eigenvalue weighted by Crippen LogP contribution is -2.56. The zero-order valence-electron chi connectivity index (χ0n) is 24.5. The fourth-order valence-corrected chi connectivity index (χ4v) is 6.53. The van der Waals surface area contributed by atoms with Gasteiger partial charge in [0.05, 0.1) is 12.2 Å². The highest BCUT2D eigenvalue weighted by molar-refractivity contribution is 7.59. The van der Waals surface area contributed by atoms with Crippen molar-refractivity contribution in [3.63, 3.8) is 0 Å². The summed E-state index contributed by atoms with van der Waals surface area (Å²) in [7, 11) is 2.12. The summed E-state index contributed by atoms with van der Waals surface area (Å²) in [6.07, 6.45) is 4.26. The highest BCUT2D eigenvalue weighted by Crippen LogP contribution is 2.35. The molecular weight excluding hydrogens is 565 g/mol. The monoisotopic (exact) mass is 603 g/mol. The number of fused-ring (bicyclic) bond motifs is 2. The molecule has 226 valence electrons. The van der Waals surface area contributed by atoms with Crippen LogP contribution in [0.1, 0.15) is 24.1 Å². The maximum Gasteiger partial charge on any atom is 0.318 e. The minimum atomic E-state index is -0.255. The minimum Gasteiger partial charge on any atom is -0.462 e. The van der Waals surface area contributed by atoms with Gasteiger partial charge >= 0.3 is 6.01 Å². The third kappa shape index (κ3) is 6.12. The second-order valence-electron chi connectivity index (χ2n) is 11.3. The molecule has 3 aliphatic heterocycles. The van der Waals surface area contributed by atoms with Crippen LogP contribution >= 0.6 is 13.5 Å². The summed E-state index contributed by atoms with van der Waals surface area (Å²) in [5.74, 6) is 0.436. The van der Waals surface area contributed by atoms with Crippen molar-refractivity contribution in [1.29, 1.82) is 0 Å². The molecule has 3 aliphatic rings. The van der Waals surface area contributed by atoms with Gasteiger partial charge in [0.1, 0.15) is 24.3 Å². The van der Waals surface area contributed by atoms with Crippen molar-refractivity contribution >= 4 is 41.7 Å². The van der Waals surface area contributed by atoms with E-state index in [0.717, 1.165) is 54.1 Å². The third-order valence-electron chi connectivity index (χ3n) is 8.83. The van der Waals surface area contributed by atoms with Crippen LogP contribution in [0.5, 0.6) is 6.01 Å². The maximum atomic E-state index is 14.6. The van der Waals surface area contributed by atoms with Crippen molar-refractivity contribution in [2.24, 2.45) is 0 Å². The average Bonchev–Trinajstić information content (AvgIpc) is 3.43. The molecule has 2 fully saturated rings. The molecule has 9 nitrogen and oxygen atoms in total. The molecule has 0 aliphatic carbocycles. The quantitative estimate of drug-likeness (QED) is 0.298. The molecule has 1 amide bonds. The number of aromatic nitrogens is 2. The number of carbonyl (C=O) groups is 1. The fraction of sp³-hybridized carbons (Fsp3) is 0.438. The van der Waals surface area contributed by atoms with E-state index in [2.05, 4.69) is 33.2 Å². The molecule has 1 aromatic heterocycles. The summed E-state index contributed by atoms with van der Waals surface area (Å²) in [5, 5.41) is 1.48. The first-order valence-corrected chi connectivity index (χ1v) is 14.6. The summed E-state index contributed by atoms with van der Waals surface area (Å²) in [4.78, 5) is 34.5. The topological polar surface area (TPSA) is 69.4 Å². The lowest BCUT2D eigenvalue weighted by atomic mass is 10.0. The lowest BCUT2D eigenvalue weighted by molar-refractivity contribution is -0.128. The van der Waals surface area contributed by atoms with Gasteiger partial charge in [-0.05, 0) is 51.1 Å². The van der Waals surface area contributed by atoms with Crippen LogP contribution in [0.4, 0.5) is 15.9 Å². The highest BCUT2D eigenvalue weighted by atomic mass is 32.1. The van der Waals surface area contributed by atoms with Gasteiger partial charge in [-0.2, -0.15) is 23.5 Å². The van der Waals surface area contributed by atoms with E-state index in [0.29, 0.717) is 56.6 Å². The number of rotatable bonds is 7. The van der Waals surface area contributed by atoms with Gasteiger partial charge in [0.15, 0.2) is 0 Å². The van der Waals surface area contributed by atoms with E-state index in [1.54, 1.807) is 11.0 Å². The molecule has 0 bridgehead atoms. The van der Waals surface area contributed by atoms with Gasteiger partial charge in [-0.1, -0.05) is 30.8 Å². The van der Waals surface area contributed by atoms with Gasteiger partial charge < -0.3 is 29.2 Å². The van der Waals surface area contributed by atoms with E-state index in [-0.39, 0.29) is 37.8 Å². The van der Waals surface area contributed by atoms with Crippen molar-refractivity contribution in [2.45, 2.75) is 37.9 Å². The summed E-state index contributed by atoms with van der Waals surface area (Å²) in [6.45, 7) is 15.8. The number of anilines is 2. The van der Waals surface area contributed by atoms with Crippen molar-refractivity contribution in [3.8, 4) is 6.01 Å². The maximum absolute atomic E-state index is 14.6. The molecule has 6 rings (SSSR count). The van der Waals surface area contributed by atoms with Crippen LogP contribution in [0.15, 0.2) is 49.1 Å². The summed E-state index contributed by atoms with van der Waals surface area (Å²) < 4.78 is 20.8. The smallest absolute Gasteiger partial charge is 0.318 e. The molecule has 0 N–H and O–H groups in total. The number of likely N-dealkylation sites (N-methyl/N-ethyl adjacent to an activating group) is 1. The van der Waals surface area contributed by atoms with Gasteiger partial charge in [0, 0.05) is 54.2 Å². The van der Waals surface area contributed by atoms with Gasteiger partial charge in [-0.15, -0.1) is 0 Å². The van der Waals surface area contributed by atoms with E-state index in [9.17, 15) is 9.18 Å². The number of hydrogen-bond donors (Lipinski definition) is 0. The normalized spacial score (nSPS) is 20.3. The van der Waals surface area contributed by atoms with Gasteiger partial charge in [-0.3, -0.25) is 4.79 Å². The van der Waals surface area contributed by atoms with Crippen LogP contribution in [0.25, 0.3) is 15.6 Å². The van der Waals surface area contributed by atoms with E-state index < -0.39 is 0 Å². The minimum absolute atomic E-state index is 0. The molecule has 0 spiro atoms. The largest absolute Gasteiger partial charge is 0.462 e. The predicted octanol–water partition coefficient (Wildman–Crippen LogP) is 4.04. The molecular formula is C32H38FN7O2S. The zero-order valence-corrected chi connectivity index (χ0v) is 25.5. The van der Waals surface area contributed by atoms with Crippen LogP contribution in [0.2, 0.25) is 0 Å². The first kappa shape index (κ1) is 30.6. The fourth-order valence-electron chi connectivity index (χ4n) is 6.53. The number of ether oxygens (including phenoxy) is 1. The molecule has 3 aromatic rings. The molecule has 4 heterocycles. The van der Waals surface area contributed by atoms with Gasteiger partial charge in [-0.25, -0.2) is 11.0 Å². The van der Waals surface area contributed by atoms with E-state index >= 15 is 0 Å². The Bertz CT molecular complexity index is 1550. The number of nitrogens with zero attached hydrogens (tertiary/aromatic N) is 7. The summed E-state index contributed by atoms with van der Waals surface area (Å²) in [6, 6.07) is 11.4. The molecule has 2 aromatic carbocycles. The Kier molecular flexibility index (Phi) is 9.37. The van der Waals surface area contributed by atoms with Gasteiger partial charge in [0.25, 0.3) is 0 Å². The van der Waals surface area contributed by atoms with Crippen LogP contribution in [0, 0.1) is 12.4 Å². The number of amides is 1. The van der Waals surface area contributed by atoms with Crippen molar-refractivity contribution < 1.29 is 13.9 Å². The Morgan fingerprint density at radius 2 is 1.93 bits per heavy atom. The summed E-state index contributed by atoms with van der Waals surface area (Å²) in [5.41, 5.74) is 2.93. The predicted molar refractivity (Wildman–Crippen MR) is 172 cm³/mol. The third-order valence-corrected chi connectivity index (χ3v) is 8.83. The SMILES string of the molecule is S.[C-]#[N+]CC1CN(c2nc(OC[C@@H]3CCCN3C)nc3c2CCN(c2cccc4c(F)cccc24)C3)CCN1C(=O)C=C. The Balaban J connectivity index is 0.00000368. The molecule has 43 heavy (non-hydrogen) atoms. The Morgan fingerprint density at radius 1 is 1.12 bits per heavy atom. The summed E-state index contributed by atoms with van der Waals surface area (Å²) >= 11 is 0. The Hall–Kier alpha value is -3.88. The lowest BCUT2D eigenvalue weighted by Gasteiger charge is -2.41. The second-order valence-corrected chi connectivity index (χ2v) is 11.3. The Morgan fingerprint density at radius 3 is 2.70 bits per heavy atom. The first-order valence-electron chi connectivity index (χ1n) is 14.6. The Labute approximate surface area is 259 Å². The first-order chi connectivity index (χ1) is 20.5. The highest BCUT2D eigenvalue weighted by Gasteiger charge is 2.35. The van der Waals surface area contributed by atoms with Gasteiger partial charge in [0.2, 0.25) is 12.5 Å². The van der Waals surface area contributed by atoms with Crippen molar-refractivity contribution in [3.05, 3.63) is 77.5 Å². The molecule has 11 heteroatoms. The number of likely N-dealkylation sites (tertiary alicyclic amines) is 1. The van der Waals surface area contributed by atoms with Crippen LogP contribution < -0.4 is 14.5 Å². The number of carbonyl (C=O) groups excluding carboxylic acids is 1. The van der Waals surface area contributed by atoms with E-state index in [4.69, 9.17) is 21.3 Å². The van der Waals surface area contributed by atoms with Crippen molar-refractivity contribution in [1.82, 2.24) is 19.8 Å². The molecule has 0 saturated carbocycles. The number of hydrogen-bond acceptors (Lipinski definition) is 7. The zero-order chi connectivity index (χ0) is 29.2. The van der Waals surface area contributed by atoms with Crippen molar-refractivity contribution in [2.75, 3.05) is 62.7 Å².